The molecule has 2 fully saturated rings. The van der Waals surface area contributed by atoms with Gasteiger partial charge in [0.1, 0.15) is 0 Å². The van der Waals surface area contributed by atoms with E-state index in [9.17, 15) is 18.3 Å². The summed E-state index contributed by atoms with van der Waals surface area (Å²) in [5.41, 5.74) is 0. The van der Waals surface area contributed by atoms with Gasteiger partial charge in [-0.25, -0.2) is 8.42 Å². The highest BCUT2D eigenvalue weighted by Crippen LogP contribution is 2.25. The van der Waals surface area contributed by atoms with Crippen LogP contribution in [0.4, 0.5) is 0 Å². The third-order valence-electron chi connectivity index (χ3n) is 5.08. The minimum atomic E-state index is -3.11. The molecule has 0 aromatic heterocycles. The van der Waals surface area contributed by atoms with E-state index in [1.165, 1.54) is 0 Å². The molecule has 1 aliphatic carbocycles. The topological polar surface area (TPSA) is 77.9 Å². The van der Waals surface area contributed by atoms with E-state index in [1.54, 1.807) is 4.90 Å². The van der Waals surface area contributed by atoms with Crippen LogP contribution in [0.2, 0.25) is 0 Å². The average molecular weight is 346 g/mol. The molecule has 2 aliphatic rings. The Balaban J connectivity index is 1.72. The van der Waals surface area contributed by atoms with E-state index >= 15 is 0 Å². The molecular formula is C16H30N2O4S. The first kappa shape index (κ1) is 18.7. The molecule has 1 unspecified atom stereocenters. The summed E-state index contributed by atoms with van der Waals surface area (Å²) in [7, 11) is -3.11. The summed E-state index contributed by atoms with van der Waals surface area (Å²) in [6, 6.07) is 0. The highest BCUT2D eigenvalue weighted by molar-refractivity contribution is 7.92. The first-order chi connectivity index (χ1) is 10.9. The molecule has 1 N–H and O–H groups in total. The van der Waals surface area contributed by atoms with Gasteiger partial charge < -0.3 is 10.0 Å². The molecule has 1 amide bonds. The van der Waals surface area contributed by atoms with Crippen molar-refractivity contribution in [3.05, 3.63) is 0 Å². The molecule has 1 saturated heterocycles. The maximum absolute atomic E-state index is 12.2. The van der Waals surface area contributed by atoms with Gasteiger partial charge in [0.2, 0.25) is 5.91 Å². The number of amides is 1. The number of piperazine rings is 1. The predicted molar refractivity (Wildman–Crippen MR) is 90.0 cm³/mol. The van der Waals surface area contributed by atoms with Gasteiger partial charge in [-0.1, -0.05) is 19.8 Å². The van der Waals surface area contributed by atoms with E-state index < -0.39 is 9.84 Å². The molecule has 1 saturated carbocycles. The summed E-state index contributed by atoms with van der Waals surface area (Å²) in [5.74, 6) is -0.0621. The first-order valence-electron chi connectivity index (χ1n) is 8.82. The van der Waals surface area contributed by atoms with Gasteiger partial charge in [-0.05, 0) is 19.3 Å². The SMILES string of the molecule is CCC(O)CN1CCN(C(=O)CCS(=O)(=O)C2CCCC2)CC1. The largest absolute Gasteiger partial charge is 0.392 e. The first-order valence-corrected chi connectivity index (χ1v) is 10.5. The van der Waals surface area contributed by atoms with Crippen molar-refractivity contribution in [3.8, 4) is 0 Å². The molecule has 0 radical (unpaired) electrons. The lowest BCUT2D eigenvalue weighted by Crippen LogP contribution is -2.50. The van der Waals surface area contributed by atoms with Crippen LogP contribution in [0.5, 0.6) is 0 Å². The second kappa shape index (κ2) is 8.44. The molecule has 0 aromatic rings. The highest BCUT2D eigenvalue weighted by atomic mass is 32.2. The van der Waals surface area contributed by atoms with E-state index in [0.29, 0.717) is 19.6 Å². The van der Waals surface area contributed by atoms with Crippen molar-refractivity contribution in [3.63, 3.8) is 0 Å². The van der Waals surface area contributed by atoms with Crippen LogP contribution in [0, 0.1) is 0 Å². The van der Waals surface area contributed by atoms with E-state index in [4.69, 9.17) is 0 Å². The molecule has 6 nitrogen and oxygen atoms in total. The summed E-state index contributed by atoms with van der Waals surface area (Å²) >= 11 is 0. The number of sulfone groups is 1. The Hall–Kier alpha value is -0.660. The normalized spacial score (nSPS) is 22.4. The standard InChI is InChI=1S/C16H30N2O4S/c1-2-14(19)13-17-8-10-18(11-9-17)16(20)7-12-23(21,22)15-5-3-4-6-15/h14-15,19H,2-13H2,1H3. The van der Waals surface area contributed by atoms with Gasteiger partial charge in [0, 0.05) is 39.1 Å². The van der Waals surface area contributed by atoms with Gasteiger partial charge in [0.25, 0.3) is 0 Å². The number of hydrogen-bond donors (Lipinski definition) is 1. The smallest absolute Gasteiger partial charge is 0.223 e. The fraction of sp³-hybridized carbons (Fsp3) is 0.938. The van der Waals surface area contributed by atoms with Crippen LogP contribution in [0.25, 0.3) is 0 Å². The fourth-order valence-electron chi connectivity index (χ4n) is 3.41. The van der Waals surface area contributed by atoms with E-state index in [0.717, 1.165) is 45.2 Å². The van der Waals surface area contributed by atoms with E-state index in [-0.39, 0.29) is 29.4 Å². The molecular weight excluding hydrogens is 316 g/mol. The Morgan fingerprint density at radius 3 is 2.35 bits per heavy atom. The Kier molecular flexibility index (Phi) is 6.85. The molecule has 2 rings (SSSR count). The zero-order valence-corrected chi connectivity index (χ0v) is 14.9. The number of aliphatic hydroxyl groups is 1. The maximum atomic E-state index is 12.2. The molecule has 134 valence electrons. The van der Waals surface area contributed by atoms with Crippen molar-refractivity contribution in [1.82, 2.24) is 9.80 Å². The summed E-state index contributed by atoms with van der Waals surface area (Å²) in [6.07, 6.45) is 4.03. The van der Waals surface area contributed by atoms with Gasteiger partial charge in [-0.3, -0.25) is 9.69 Å². The van der Waals surface area contributed by atoms with Gasteiger partial charge in [0.05, 0.1) is 17.1 Å². The van der Waals surface area contributed by atoms with Crippen molar-refractivity contribution in [2.24, 2.45) is 0 Å². The van der Waals surface area contributed by atoms with Gasteiger partial charge in [0.15, 0.2) is 9.84 Å². The third kappa shape index (κ3) is 5.43. The van der Waals surface area contributed by atoms with Crippen molar-refractivity contribution >= 4 is 15.7 Å². The Bertz CT molecular complexity index is 480. The Labute approximate surface area is 139 Å². The molecule has 23 heavy (non-hydrogen) atoms. The molecule has 0 aromatic carbocycles. The minimum Gasteiger partial charge on any atom is -0.392 e. The van der Waals surface area contributed by atoms with Gasteiger partial charge in [-0.15, -0.1) is 0 Å². The third-order valence-corrected chi connectivity index (χ3v) is 7.34. The van der Waals surface area contributed by atoms with Crippen LogP contribution in [0.15, 0.2) is 0 Å². The maximum Gasteiger partial charge on any atom is 0.223 e. The second-order valence-corrected chi connectivity index (χ2v) is 9.17. The lowest BCUT2D eigenvalue weighted by molar-refractivity contribution is -0.132. The van der Waals surface area contributed by atoms with Crippen molar-refractivity contribution in [2.75, 3.05) is 38.5 Å². The summed E-state index contributed by atoms with van der Waals surface area (Å²) in [4.78, 5) is 16.2. The zero-order chi connectivity index (χ0) is 16.9. The Morgan fingerprint density at radius 1 is 1.17 bits per heavy atom. The van der Waals surface area contributed by atoms with E-state index in [1.807, 2.05) is 6.92 Å². The quantitative estimate of drug-likeness (QED) is 0.732. The van der Waals surface area contributed by atoms with E-state index in [2.05, 4.69) is 4.90 Å². The fourth-order valence-corrected chi connectivity index (χ4v) is 5.25. The lowest BCUT2D eigenvalue weighted by Gasteiger charge is -2.35. The number of nitrogens with zero attached hydrogens (tertiary/aromatic N) is 2. The number of carbonyl (C=O) groups is 1. The van der Waals surface area contributed by atoms with Crippen LogP contribution in [0.1, 0.15) is 45.4 Å². The molecule has 1 aliphatic heterocycles. The number of carbonyl (C=O) groups excluding carboxylic acids is 1. The summed E-state index contributed by atoms with van der Waals surface area (Å²) < 4.78 is 24.4. The van der Waals surface area contributed by atoms with Crippen molar-refractivity contribution < 1.29 is 18.3 Å². The zero-order valence-electron chi connectivity index (χ0n) is 14.1. The minimum absolute atomic E-state index is 0.00867. The van der Waals surface area contributed by atoms with Crippen LogP contribution in [-0.2, 0) is 14.6 Å². The molecule has 0 spiro atoms. The van der Waals surface area contributed by atoms with Gasteiger partial charge in [-0.2, -0.15) is 0 Å². The molecule has 1 heterocycles. The average Bonchev–Trinajstić information content (AvgIpc) is 3.08. The van der Waals surface area contributed by atoms with Crippen LogP contribution in [-0.4, -0.2) is 79.1 Å². The monoisotopic (exact) mass is 346 g/mol. The molecule has 1 atom stereocenters. The summed E-state index contributed by atoms with van der Waals surface area (Å²) in [6.45, 7) is 5.34. The second-order valence-electron chi connectivity index (χ2n) is 6.77. The van der Waals surface area contributed by atoms with Gasteiger partial charge >= 0.3 is 0 Å². The number of rotatable bonds is 7. The predicted octanol–water partition coefficient (Wildman–Crippen LogP) is 0.649. The van der Waals surface area contributed by atoms with Crippen LogP contribution < -0.4 is 0 Å². The van der Waals surface area contributed by atoms with Crippen molar-refractivity contribution in [2.45, 2.75) is 56.8 Å². The summed E-state index contributed by atoms with van der Waals surface area (Å²) in [5, 5.41) is 9.45. The van der Waals surface area contributed by atoms with Crippen LogP contribution >= 0.6 is 0 Å². The number of aliphatic hydroxyl groups excluding tert-OH is 1. The Morgan fingerprint density at radius 2 is 1.78 bits per heavy atom. The number of hydrogen-bond acceptors (Lipinski definition) is 5. The lowest BCUT2D eigenvalue weighted by atomic mass is 10.2. The highest BCUT2D eigenvalue weighted by Gasteiger charge is 2.30. The van der Waals surface area contributed by atoms with Crippen molar-refractivity contribution in [1.29, 1.82) is 0 Å². The van der Waals surface area contributed by atoms with Crippen LogP contribution in [0.3, 0.4) is 0 Å². The molecule has 7 heteroatoms. The number of β-amino-alcohol motifs (C(OH)–C–C–N with tert-alkyl or cyclic N) is 1. The molecule has 0 bridgehead atoms.